The first-order valence-electron chi connectivity index (χ1n) is 15.8. The Morgan fingerprint density at radius 2 is 1.27 bits per heavy atom. The highest BCUT2D eigenvalue weighted by Gasteiger charge is 2.45. The van der Waals surface area contributed by atoms with Crippen molar-refractivity contribution in [2.24, 2.45) is 17.6 Å². The molecule has 3 aliphatic rings. The lowest BCUT2D eigenvalue weighted by Crippen LogP contribution is -2.52. The second-order valence-corrected chi connectivity index (χ2v) is 14.2. The number of hydrogen-bond donors (Lipinski definition) is 2. The predicted molar refractivity (Wildman–Crippen MR) is 178 cm³/mol. The van der Waals surface area contributed by atoms with Crippen LogP contribution in [-0.4, -0.2) is 39.6 Å². The van der Waals surface area contributed by atoms with E-state index < -0.39 is 0 Å². The average Bonchev–Trinajstić information content (AvgIpc) is 3.35. The van der Waals surface area contributed by atoms with Crippen molar-refractivity contribution in [1.29, 1.82) is 0 Å². The van der Waals surface area contributed by atoms with Gasteiger partial charge in [0.15, 0.2) is 0 Å². The quantitative estimate of drug-likeness (QED) is 0.283. The Bertz CT molecular complexity index is 1010. The van der Waals surface area contributed by atoms with Crippen LogP contribution in [-0.2, 0) is 15.6 Å². The Balaban J connectivity index is 0.000000188. The number of hydrogen-bond acceptors (Lipinski definition) is 3. The van der Waals surface area contributed by atoms with Crippen LogP contribution >= 0.6 is 23.2 Å². The van der Waals surface area contributed by atoms with E-state index in [1.807, 2.05) is 24.3 Å². The molecule has 2 aromatic carbocycles. The minimum atomic E-state index is 0.0463. The van der Waals surface area contributed by atoms with Crippen molar-refractivity contribution in [2.45, 2.75) is 121 Å². The Kier molecular flexibility index (Phi) is 13.6. The van der Waals surface area contributed by atoms with E-state index >= 15 is 0 Å². The van der Waals surface area contributed by atoms with Crippen LogP contribution in [0.4, 0.5) is 0 Å². The largest absolute Gasteiger partial charge is 0.388 e. The van der Waals surface area contributed by atoms with E-state index in [0.717, 1.165) is 41.8 Å². The summed E-state index contributed by atoms with van der Waals surface area (Å²) in [6.07, 6.45) is 12.2. The molecule has 1 aliphatic heterocycles. The highest BCUT2D eigenvalue weighted by Crippen LogP contribution is 2.48. The molecular formula is C35H53BCl2N2O. The average molecular weight is 600 g/mol. The molecular weight excluding hydrogens is 546 g/mol. The third kappa shape index (κ3) is 9.23. The van der Waals surface area contributed by atoms with E-state index in [-0.39, 0.29) is 17.5 Å². The summed E-state index contributed by atoms with van der Waals surface area (Å²) >= 11 is 12.0. The lowest BCUT2D eigenvalue weighted by atomic mass is 9.59. The van der Waals surface area contributed by atoms with Crippen molar-refractivity contribution in [3.63, 3.8) is 0 Å². The zero-order valence-electron chi connectivity index (χ0n) is 26.1. The van der Waals surface area contributed by atoms with Gasteiger partial charge in [0.05, 0.1) is 0 Å². The van der Waals surface area contributed by atoms with Crippen LogP contribution < -0.4 is 11.1 Å². The van der Waals surface area contributed by atoms with Gasteiger partial charge in [-0.3, -0.25) is 0 Å². The molecule has 41 heavy (non-hydrogen) atoms. The molecule has 3 nitrogen and oxygen atoms in total. The second-order valence-electron chi connectivity index (χ2n) is 13.3. The summed E-state index contributed by atoms with van der Waals surface area (Å²) in [4.78, 5) is 0. The van der Waals surface area contributed by atoms with Crippen LogP contribution in [0.5, 0.6) is 0 Å². The van der Waals surface area contributed by atoms with Gasteiger partial charge in [-0.05, 0) is 106 Å². The molecule has 1 saturated heterocycles. The third-order valence-electron chi connectivity index (χ3n) is 9.45. The molecule has 0 aromatic heterocycles. The van der Waals surface area contributed by atoms with Crippen LogP contribution in [0.25, 0.3) is 0 Å². The molecule has 2 aromatic rings. The summed E-state index contributed by atoms with van der Waals surface area (Å²) in [6, 6.07) is 17.7. The fraction of sp³-hybridized carbons (Fsp3) is 0.657. The van der Waals surface area contributed by atoms with Crippen LogP contribution in [0.1, 0.15) is 103 Å². The van der Waals surface area contributed by atoms with Gasteiger partial charge in [0, 0.05) is 45.6 Å². The fourth-order valence-electron chi connectivity index (χ4n) is 6.82. The van der Waals surface area contributed by atoms with Crippen molar-refractivity contribution in [3.8, 4) is 0 Å². The minimum absolute atomic E-state index is 0.0463. The summed E-state index contributed by atoms with van der Waals surface area (Å²) in [7, 11) is 7.41. The first kappa shape index (κ1) is 34.5. The first-order valence-corrected chi connectivity index (χ1v) is 16.6. The number of nitrogens with two attached hydrogens (primary N) is 1. The smallest absolute Gasteiger partial charge is 0.108 e. The van der Waals surface area contributed by atoms with Crippen LogP contribution in [0.3, 0.4) is 0 Å². The first-order chi connectivity index (χ1) is 19.5. The normalized spacial score (nSPS) is 22.0. The lowest BCUT2D eigenvalue weighted by molar-refractivity contribution is 0.157. The van der Waals surface area contributed by atoms with Crippen molar-refractivity contribution >= 4 is 31.0 Å². The van der Waals surface area contributed by atoms with E-state index in [4.69, 9.17) is 41.5 Å². The summed E-state index contributed by atoms with van der Waals surface area (Å²) < 4.78 is 4.93. The number of likely N-dealkylation sites (N-methyl/N-ethyl adjacent to an activating group) is 1. The SMILES string of the molecule is CC(C)CC(N)C1(c2ccc(Cl)cc2)CCC1.CNC(CC(C)C)C1(c2ccc(Cl)cc2)CCC1.[B]C1CCCO1. The number of nitrogens with one attached hydrogen (secondary N) is 1. The standard InChI is InChI=1S/C16H24ClN.C15H22ClN.C4H7BO/c1-12(2)11-15(18-3)16(9-4-10-16)13-5-7-14(17)8-6-13;1-11(2)10-14(17)15(8-3-9-15)12-4-6-13(16)7-5-12;5-4-2-1-3-6-4/h5-8,12,15,18H,4,9-11H2,1-3H3;4-7,11,14H,3,8-10,17H2,1-2H3;4H,1-3H2. The van der Waals surface area contributed by atoms with Gasteiger partial charge in [0.25, 0.3) is 0 Å². The maximum Gasteiger partial charge on any atom is 0.108 e. The molecule has 0 amide bonds. The highest BCUT2D eigenvalue weighted by molar-refractivity contribution is 6.30. The number of rotatable bonds is 9. The predicted octanol–water partition coefficient (Wildman–Crippen LogP) is 8.82. The monoisotopic (exact) mass is 598 g/mol. The Hall–Kier alpha value is -1.04. The number of benzene rings is 2. The van der Waals surface area contributed by atoms with Crippen LogP contribution in [0, 0.1) is 11.8 Å². The van der Waals surface area contributed by atoms with Crippen molar-refractivity contribution in [3.05, 3.63) is 69.7 Å². The Labute approximate surface area is 262 Å². The third-order valence-corrected chi connectivity index (χ3v) is 9.96. The molecule has 3 N–H and O–H groups in total. The van der Waals surface area contributed by atoms with Gasteiger partial charge < -0.3 is 15.8 Å². The van der Waals surface area contributed by atoms with Gasteiger partial charge in [-0.1, -0.05) is 88.0 Å². The summed E-state index contributed by atoms with van der Waals surface area (Å²) in [5.41, 5.74) is 9.84. The molecule has 1 heterocycles. The number of halogens is 2. The molecule has 2 saturated carbocycles. The fourth-order valence-corrected chi connectivity index (χ4v) is 7.07. The molecule has 3 atom stereocenters. The highest BCUT2D eigenvalue weighted by atomic mass is 35.5. The Morgan fingerprint density at radius 1 is 0.805 bits per heavy atom. The maximum atomic E-state index is 6.45. The molecule has 6 heteroatoms. The van der Waals surface area contributed by atoms with Gasteiger partial charge in [-0.25, -0.2) is 0 Å². The van der Waals surface area contributed by atoms with E-state index in [0.29, 0.717) is 17.4 Å². The summed E-state index contributed by atoms with van der Waals surface area (Å²) in [6.45, 7) is 9.96. The van der Waals surface area contributed by atoms with Gasteiger partial charge >= 0.3 is 0 Å². The van der Waals surface area contributed by atoms with E-state index in [2.05, 4.69) is 64.3 Å². The minimum Gasteiger partial charge on any atom is -0.388 e. The molecule has 2 aliphatic carbocycles. The summed E-state index contributed by atoms with van der Waals surface area (Å²) in [5, 5.41) is 5.19. The maximum absolute atomic E-state index is 6.45. The van der Waals surface area contributed by atoms with Gasteiger partial charge in [0.1, 0.15) is 7.85 Å². The molecule has 5 rings (SSSR count). The van der Waals surface area contributed by atoms with Crippen molar-refractivity contribution < 1.29 is 4.74 Å². The van der Waals surface area contributed by atoms with Gasteiger partial charge in [0.2, 0.25) is 0 Å². The molecule has 226 valence electrons. The molecule has 2 radical (unpaired) electrons. The summed E-state index contributed by atoms with van der Waals surface area (Å²) in [5.74, 6) is 1.39. The topological polar surface area (TPSA) is 47.3 Å². The molecule has 3 fully saturated rings. The molecule has 0 bridgehead atoms. The van der Waals surface area contributed by atoms with E-state index in [1.165, 1.54) is 56.1 Å². The van der Waals surface area contributed by atoms with E-state index in [9.17, 15) is 0 Å². The zero-order chi connectivity index (χ0) is 30.0. The van der Waals surface area contributed by atoms with Gasteiger partial charge in [-0.15, -0.1) is 0 Å². The van der Waals surface area contributed by atoms with Crippen molar-refractivity contribution in [1.82, 2.24) is 5.32 Å². The van der Waals surface area contributed by atoms with Gasteiger partial charge in [-0.2, -0.15) is 0 Å². The van der Waals surface area contributed by atoms with Crippen LogP contribution in [0.15, 0.2) is 48.5 Å². The Morgan fingerprint density at radius 3 is 1.56 bits per heavy atom. The number of ether oxygens (including phenoxy) is 1. The molecule has 0 spiro atoms. The molecule has 3 unspecified atom stereocenters. The lowest BCUT2D eigenvalue weighted by Gasteiger charge is -2.49. The van der Waals surface area contributed by atoms with Crippen molar-refractivity contribution in [2.75, 3.05) is 13.7 Å². The van der Waals surface area contributed by atoms with E-state index in [1.54, 1.807) is 0 Å². The zero-order valence-corrected chi connectivity index (χ0v) is 27.6. The van der Waals surface area contributed by atoms with Crippen LogP contribution in [0.2, 0.25) is 10.0 Å². The second kappa shape index (κ2) is 16.2.